The molecule has 1 aromatic carbocycles. The molecule has 2 atom stereocenters. The van der Waals surface area contributed by atoms with Gasteiger partial charge in [-0.3, -0.25) is 9.47 Å². The summed E-state index contributed by atoms with van der Waals surface area (Å²) in [6.45, 7) is 5.01. The van der Waals surface area contributed by atoms with Gasteiger partial charge < -0.3 is 19.9 Å². The predicted octanol–water partition coefficient (Wildman–Crippen LogP) is 2.64. The van der Waals surface area contributed by atoms with Gasteiger partial charge in [0.1, 0.15) is 11.4 Å². The minimum Gasteiger partial charge on any atom is -0.479 e. The van der Waals surface area contributed by atoms with Crippen LogP contribution in [0.4, 0.5) is 4.79 Å². The van der Waals surface area contributed by atoms with Crippen molar-refractivity contribution in [2.45, 2.75) is 38.1 Å². The molecule has 0 saturated heterocycles. The van der Waals surface area contributed by atoms with E-state index in [1.54, 1.807) is 20.8 Å². The van der Waals surface area contributed by atoms with Crippen LogP contribution in [0.15, 0.2) is 24.3 Å². The molecule has 0 aromatic heterocycles. The lowest BCUT2D eigenvalue weighted by Gasteiger charge is -2.22. The minimum atomic E-state index is -1.75. The number of hydrogen-bond donors (Lipinski definition) is 2. The third kappa shape index (κ3) is 6.25. The number of aliphatic carboxylic acids is 1. The Kier molecular flexibility index (Phi) is 7.50. The lowest BCUT2D eigenvalue weighted by atomic mass is 10.1. The highest BCUT2D eigenvalue weighted by molar-refractivity contribution is 7.25. The van der Waals surface area contributed by atoms with Gasteiger partial charge in [-0.1, -0.05) is 16.7 Å². The van der Waals surface area contributed by atoms with Gasteiger partial charge in [0.25, 0.3) is 0 Å². The molecule has 0 aliphatic carbocycles. The molecule has 0 fully saturated rings. The number of nitrogens with one attached hydrogen (secondary N) is 1. The number of benzene rings is 1. The van der Waals surface area contributed by atoms with Gasteiger partial charge in [-0.25, -0.2) is 9.59 Å². The van der Waals surface area contributed by atoms with Gasteiger partial charge in [0.15, 0.2) is 6.04 Å². The van der Waals surface area contributed by atoms with E-state index in [0.717, 1.165) is 0 Å². The van der Waals surface area contributed by atoms with Crippen LogP contribution in [0.3, 0.4) is 0 Å². The lowest BCUT2D eigenvalue weighted by molar-refractivity contribution is -0.255. The average Bonchev–Trinajstić information content (AvgIpc) is 2.57. The SMILES string of the molecule is COC(OC)(Oc1ccc([C@@H](NC(=O)OC(C)(C)C)C(=O)O)cc1)[PH+]=O. The molecule has 0 heterocycles. The molecule has 0 aliphatic heterocycles. The fraction of sp³-hybridized carbons (Fsp3) is 0.500. The smallest absolute Gasteiger partial charge is 0.479 e. The summed E-state index contributed by atoms with van der Waals surface area (Å²) < 4.78 is 31.6. The Bertz CT molecular complexity index is 637. The Hall–Kier alpha value is -2.22. The van der Waals surface area contributed by atoms with Crippen LogP contribution in [-0.4, -0.2) is 42.7 Å². The van der Waals surface area contributed by atoms with Crippen molar-refractivity contribution in [2.75, 3.05) is 14.2 Å². The second-order valence-corrected chi connectivity index (χ2v) is 6.97. The van der Waals surface area contributed by atoms with Crippen LogP contribution < -0.4 is 10.1 Å². The molecule has 1 amide bonds. The van der Waals surface area contributed by atoms with Gasteiger partial charge in [-0.05, 0) is 38.5 Å². The molecule has 1 unspecified atom stereocenters. The minimum absolute atomic E-state index is 0.238. The maximum atomic E-state index is 11.8. The van der Waals surface area contributed by atoms with E-state index in [-0.39, 0.29) is 5.75 Å². The summed E-state index contributed by atoms with van der Waals surface area (Å²) in [6.07, 6.45) is -0.851. The molecule has 1 aromatic rings. The zero-order chi connectivity index (χ0) is 20.0. The molecule has 0 bridgehead atoms. The average molecular weight is 388 g/mol. The van der Waals surface area contributed by atoms with Crippen molar-refractivity contribution >= 4 is 20.5 Å². The van der Waals surface area contributed by atoms with E-state index in [4.69, 9.17) is 18.9 Å². The highest BCUT2D eigenvalue weighted by Gasteiger charge is 2.43. The third-order valence-corrected chi connectivity index (χ3v) is 3.80. The second-order valence-electron chi connectivity index (χ2n) is 6.16. The number of carbonyl (C=O) groups is 2. The zero-order valence-corrected chi connectivity index (χ0v) is 16.2. The Morgan fingerprint density at radius 1 is 1.12 bits per heavy atom. The van der Waals surface area contributed by atoms with Crippen molar-refractivity contribution < 1.29 is 38.2 Å². The first-order valence-electron chi connectivity index (χ1n) is 7.56. The first-order chi connectivity index (χ1) is 12.1. The first kappa shape index (κ1) is 21.8. The summed E-state index contributed by atoms with van der Waals surface area (Å²) in [5.74, 6) is -1.02. The van der Waals surface area contributed by atoms with E-state index in [1.165, 1.54) is 38.5 Å². The number of alkyl carbamates (subject to hydrolysis) is 1. The first-order valence-corrected chi connectivity index (χ1v) is 8.47. The highest BCUT2D eigenvalue weighted by Crippen LogP contribution is 2.30. The van der Waals surface area contributed by atoms with Crippen molar-refractivity contribution in [3.05, 3.63) is 29.8 Å². The van der Waals surface area contributed by atoms with Gasteiger partial charge >= 0.3 is 26.2 Å². The number of hydrogen-bond acceptors (Lipinski definition) is 7. The predicted molar refractivity (Wildman–Crippen MR) is 92.6 cm³/mol. The monoisotopic (exact) mass is 388 g/mol. The molecule has 0 spiro atoms. The molecular formula is C16H23NO8P+. The largest absolute Gasteiger partial charge is 0.539 e. The topological polar surface area (TPSA) is 120 Å². The molecule has 144 valence electrons. The summed E-state index contributed by atoms with van der Waals surface area (Å²) in [7, 11) is 1.48. The Labute approximate surface area is 152 Å². The quantitative estimate of drug-likeness (QED) is 0.515. The normalized spacial score (nSPS) is 13.1. The molecule has 0 saturated carbocycles. The number of ether oxygens (including phenoxy) is 4. The van der Waals surface area contributed by atoms with Gasteiger partial charge in [0.05, 0.1) is 0 Å². The van der Waals surface area contributed by atoms with Crippen LogP contribution in [0.2, 0.25) is 0 Å². The molecule has 9 nitrogen and oxygen atoms in total. The van der Waals surface area contributed by atoms with Crippen molar-refractivity contribution in [3.63, 3.8) is 0 Å². The van der Waals surface area contributed by atoms with E-state index in [9.17, 15) is 19.3 Å². The van der Waals surface area contributed by atoms with E-state index >= 15 is 0 Å². The standard InChI is InChI=1S/C16H22NO8P/c1-15(2,3)25-14(20)17-12(13(18)19)10-6-8-11(9-7-10)24-16(22-4,23-5)26-21/h6-9,12H,1-5H3,(H,17,20)(H,18,19)/p+1/t12-/m1/s1. The van der Waals surface area contributed by atoms with Crippen LogP contribution in [0.1, 0.15) is 32.4 Å². The van der Waals surface area contributed by atoms with E-state index in [0.29, 0.717) is 5.56 Å². The third-order valence-electron chi connectivity index (χ3n) is 3.04. The van der Waals surface area contributed by atoms with Gasteiger partial charge in [-0.2, -0.15) is 0 Å². The van der Waals surface area contributed by atoms with Crippen molar-refractivity contribution in [3.8, 4) is 5.75 Å². The number of rotatable bonds is 8. The Balaban J connectivity index is 2.93. The van der Waals surface area contributed by atoms with E-state index in [2.05, 4.69) is 5.32 Å². The van der Waals surface area contributed by atoms with Crippen LogP contribution >= 0.6 is 8.46 Å². The van der Waals surface area contributed by atoms with Crippen LogP contribution in [-0.2, 0) is 23.6 Å². The molecule has 0 radical (unpaired) electrons. The fourth-order valence-electron chi connectivity index (χ4n) is 1.87. The molecule has 1 rings (SSSR count). The maximum absolute atomic E-state index is 11.8. The number of carboxylic acids is 1. The lowest BCUT2D eigenvalue weighted by Crippen LogP contribution is -2.38. The van der Waals surface area contributed by atoms with Crippen molar-refractivity contribution in [2.24, 2.45) is 0 Å². The maximum Gasteiger partial charge on any atom is 0.539 e. The molecule has 26 heavy (non-hydrogen) atoms. The summed E-state index contributed by atoms with van der Waals surface area (Å²) in [4.78, 5) is 23.3. The van der Waals surface area contributed by atoms with Gasteiger partial charge in [0.2, 0.25) is 0 Å². The molecule has 2 N–H and O–H groups in total. The summed E-state index contributed by atoms with van der Waals surface area (Å²) in [6, 6.07) is 4.45. The fourth-order valence-corrected chi connectivity index (χ4v) is 2.19. The van der Waals surface area contributed by atoms with Gasteiger partial charge in [-0.15, -0.1) is 0 Å². The van der Waals surface area contributed by atoms with E-state index < -0.39 is 37.9 Å². The number of carbonyl (C=O) groups excluding carboxylic acids is 1. The number of methoxy groups -OCH3 is 2. The van der Waals surface area contributed by atoms with Crippen molar-refractivity contribution in [1.82, 2.24) is 5.32 Å². The zero-order valence-electron chi connectivity index (χ0n) is 15.2. The van der Waals surface area contributed by atoms with E-state index in [1.807, 2.05) is 0 Å². The Morgan fingerprint density at radius 3 is 2.04 bits per heavy atom. The molecule has 0 aliphatic rings. The summed E-state index contributed by atoms with van der Waals surface area (Å²) in [5.41, 5.74) is -2.21. The number of amides is 1. The number of carboxylic acid groups (broad SMARTS) is 1. The second kappa shape index (κ2) is 8.93. The van der Waals surface area contributed by atoms with Crippen LogP contribution in [0.5, 0.6) is 5.75 Å². The van der Waals surface area contributed by atoms with Gasteiger partial charge in [0, 0.05) is 14.2 Å². The van der Waals surface area contributed by atoms with Crippen LogP contribution in [0, 0.1) is 0 Å². The summed E-state index contributed by atoms with van der Waals surface area (Å²) >= 11 is 0. The van der Waals surface area contributed by atoms with Crippen molar-refractivity contribution in [1.29, 1.82) is 0 Å². The summed E-state index contributed by atoms with van der Waals surface area (Å²) in [5, 5.41) is 11.7. The highest BCUT2D eigenvalue weighted by atomic mass is 31.1. The molecule has 10 heteroatoms. The molecular weight excluding hydrogens is 365 g/mol. The Morgan fingerprint density at radius 2 is 1.65 bits per heavy atom. The van der Waals surface area contributed by atoms with Crippen LogP contribution in [0.25, 0.3) is 0 Å².